The maximum absolute atomic E-state index is 6.20. The first-order chi connectivity index (χ1) is 12.2. The second kappa shape index (κ2) is 5.54. The van der Waals surface area contributed by atoms with Gasteiger partial charge in [0.05, 0.1) is 26.4 Å². The molecular formula is C20H27BN2O2S. The summed E-state index contributed by atoms with van der Waals surface area (Å²) in [5, 5.41) is 1.32. The molecule has 0 radical (unpaired) electrons. The molecule has 1 aromatic heterocycles. The molecule has 1 aliphatic carbocycles. The standard InChI is InChI=1S/C20H27BN2O2S/c1-19(2)20(3,4)25-21(24-19)13-6-7-17-16(9-13)22-18(26-17)14-8-12-10-23(5)11-15(12)14/h6-7,9,12,14-15H,8,10-11H2,1-5H3. The molecule has 2 aromatic rings. The molecule has 0 N–H and O–H groups in total. The Morgan fingerprint density at radius 2 is 1.88 bits per heavy atom. The number of thiazole rings is 1. The van der Waals surface area contributed by atoms with Crippen LogP contribution >= 0.6 is 11.3 Å². The number of aromatic nitrogens is 1. The molecule has 1 saturated carbocycles. The van der Waals surface area contributed by atoms with Crippen LogP contribution < -0.4 is 5.46 Å². The highest BCUT2D eigenvalue weighted by molar-refractivity contribution is 7.18. The fourth-order valence-electron chi connectivity index (χ4n) is 4.66. The Morgan fingerprint density at radius 3 is 2.58 bits per heavy atom. The van der Waals surface area contributed by atoms with Crippen LogP contribution in [0.5, 0.6) is 0 Å². The second-order valence-corrected chi connectivity index (χ2v) is 10.4. The predicted molar refractivity (Wildman–Crippen MR) is 107 cm³/mol. The van der Waals surface area contributed by atoms with Crippen LogP contribution in [0.3, 0.4) is 0 Å². The average Bonchev–Trinajstić information content (AvgIpc) is 3.14. The molecule has 0 amide bonds. The van der Waals surface area contributed by atoms with Gasteiger partial charge in [-0.25, -0.2) is 4.98 Å². The quantitative estimate of drug-likeness (QED) is 0.760. The molecule has 3 heterocycles. The van der Waals surface area contributed by atoms with Gasteiger partial charge in [-0.05, 0) is 70.6 Å². The third-order valence-corrected chi connectivity index (χ3v) is 8.19. The summed E-state index contributed by atoms with van der Waals surface area (Å²) in [6, 6.07) is 6.49. The minimum atomic E-state index is -0.314. The minimum Gasteiger partial charge on any atom is -0.399 e. The highest BCUT2D eigenvalue weighted by Gasteiger charge is 2.52. The molecule has 4 nitrogen and oxygen atoms in total. The highest BCUT2D eigenvalue weighted by Crippen LogP contribution is 2.52. The Labute approximate surface area is 160 Å². The van der Waals surface area contributed by atoms with E-state index >= 15 is 0 Å². The predicted octanol–water partition coefficient (Wildman–Crippen LogP) is 3.26. The van der Waals surface area contributed by atoms with Gasteiger partial charge in [-0.1, -0.05) is 6.07 Å². The van der Waals surface area contributed by atoms with Crippen LogP contribution in [0, 0.1) is 11.8 Å². The molecule has 5 rings (SSSR count). The van der Waals surface area contributed by atoms with Crippen molar-refractivity contribution < 1.29 is 9.31 Å². The van der Waals surface area contributed by atoms with Gasteiger partial charge >= 0.3 is 7.12 Å². The van der Waals surface area contributed by atoms with Crippen molar-refractivity contribution in [2.45, 2.75) is 51.2 Å². The normalized spacial score (nSPS) is 32.8. The monoisotopic (exact) mass is 370 g/mol. The molecule has 3 fully saturated rings. The van der Waals surface area contributed by atoms with Crippen LogP contribution in [0.15, 0.2) is 18.2 Å². The van der Waals surface area contributed by atoms with Crippen LogP contribution in [0.1, 0.15) is 45.0 Å². The molecule has 2 saturated heterocycles. The highest BCUT2D eigenvalue weighted by atomic mass is 32.1. The smallest absolute Gasteiger partial charge is 0.399 e. The van der Waals surface area contributed by atoms with Crippen LogP contribution in [0.25, 0.3) is 10.2 Å². The molecule has 0 spiro atoms. The summed E-state index contributed by atoms with van der Waals surface area (Å²) in [4.78, 5) is 7.49. The van der Waals surface area contributed by atoms with Crippen molar-refractivity contribution in [2.75, 3.05) is 20.1 Å². The maximum Gasteiger partial charge on any atom is 0.494 e. The number of rotatable bonds is 2. The Bertz CT molecular complexity index is 849. The van der Waals surface area contributed by atoms with Crippen LogP contribution in [0.2, 0.25) is 0 Å². The SMILES string of the molecule is CN1CC2CC(c3nc4cc(B5OC(C)(C)C(C)(C)O5)ccc4s3)C2C1. The van der Waals surface area contributed by atoms with Crippen molar-refractivity contribution >= 4 is 34.1 Å². The summed E-state index contributed by atoms with van der Waals surface area (Å²) in [5.41, 5.74) is 1.54. The Morgan fingerprint density at radius 1 is 1.15 bits per heavy atom. The van der Waals surface area contributed by atoms with E-state index < -0.39 is 0 Å². The number of nitrogens with zero attached hydrogens (tertiary/aromatic N) is 2. The van der Waals surface area contributed by atoms with E-state index in [4.69, 9.17) is 14.3 Å². The first-order valence-corrected chi connectivity index (χ1v) is 10.5. The van der Waals surface area contributed by atoms with Gasteiger partial charge in [-0.2, -0.15) is 0 Å². The van der Waals surface area contributed by atoms with Gasteiger partial charge < -0.3 is 14.2 Å². The molecule has 3 unspecified atom stereocenters. The van der Waals surface area contributed by atoms with Crippen LogP contribution in [0.4, 0.5) is 0 Å². The zero-order chi connectivity index (χ0) is 18.3. The van der Waals surface area contributed by atoms with Gasteiger partial charge in [0.1, 0.15) is 0 Å². The number of hydrogen-bond donors (Lipinski definition) is 0. The molecular weight excluding hydrogens is 343 g/mol. The maximum atomic E-state index is 6.20. The molecule has 138 valence electrons. The summed E-state index contributed by atoms with van der Waals surface area (Å²) < 4.78 is 13.7. The zero-order valence-corrected chi connectivity index (χ0v) is 17.1. The fourth-order valence-corrected chi connectivity index (χ4v) is 5.80. The Balaban J connectivity index is 1.41. The van der Waals surface area contributed by atoms with E-state index in [0.29, 0.717) is 5.92 Å². The molecule has 0 bridgehead atoms. The first-order valence-electron chi connectivity index (χ1n) is 9.68. The number of fused-ring (bicyclic) bond motifs is 2. The van der Waals surface area contributed by atoms with Crippen molar-refractivity contribution in [3.8, 4) is 0 Å². The molecule has 3 aliphatic rings. The van der Waals surface area contributed by atoms with Crippen molar-refractivity contribution in [1.82, 2.24) is 9.88 Å². The van der Waals surface area contributed by atoms with E-state index in [0.717, 1.165) is 22.8 Å². The van der Waals surface area contributed by atoms with Crippen LogP contribution in [-0.2, 0) is 9.31 Å². The van der Waals surface area contributed by atoms with Gasteiger partial charge in [0.15, 0.2) is 0 Å². The average molecular weight is 370 g/mol. The zero-order valence-electron chi connectivity index (χ0n) is 16.3. The lowest BCUT2D eigenvalue weighted by atomic mass is 9.67. The lowest BCUT2D eigenvalue weighted by Crippen LogP contribution is -2.41. The summed E-state index contributed by atoms with van der Waals surface area (Å²) in [6.45, 7) is 10.9. The van der Waals surface area contributed by atoms with Gasteiger partial charge in [-0.15, -0.1) is 11.3 Å². The van der Waals surface area contributed by atoms with E-state index in [1.807, 2.05) is 11.3 Å². The summed E-state index contributed by atoms with van der Waals surface area (Å²) in [7, 11) is 1.93. The molecule has 2 aliphatic heterocycles. The molecule has 1 aromatic carbocycles. The number of benzene rings is 1. The van der Waals surface area contributed by atoms with Gasteiger partial charge in [0, 0.05) is 19.0 Å². The van der Waals surface area contributed by atoms with Gasteiger partial charge in [0.25, 0.3) is 0 Å². The van der Waals surface area contributed by atoms with E-state index in [-0.39, 0.29) is 18.3 Å². The topological polar surface area (TPSA) is 34.6 Å². The van der Waals surface area contributed by atoms with Crippen molar-refractivity contribution in [3.05, 3.63) is 23.2 Å². The van der Waals surface area contributed by atoms with E-state index in [2.05, 4.69) is 57.8 Å². The Hall–Kier alpha value is -0.945. The van der Waals surface area contributed by atoms with Crippen molar-refractivity contribution in [2.24, 2.45) is 11.8 Å². The second-order valence-electron chi connectivity index (χ2n) is 9.35. The fraction of sp³-hybridized carbons (Fsp3) is 0.650. The summed E-state index contributed by atoms with van der Waals surface area (Å²) in [5.74, 6) is 2.35. The molecule has 6 heteroatoms. The van der Waals surface area contributed by atoms with Gasteiger partial charge in [-0.3, -0.25) is 0 Å². The molecule has 26 heavy (non-hydrogen) atoms. The van der Waals surface area contributed by atoms with E-state index in [1.54, 1.807) is 0 Å². The largest absolute Gasteiger partial charge is 0.494 e. The van der Waals surface area contributed by atoms with Crippen molar-refractivity contribution in [3.63, 3.8) is 0 Å². The lowest BCUT2D eigenvalue weighted by molar-refractivity contribution is 0.00578. The van der Waals surface area contributed by atoms with E-state index in [1.165, 1.54) is 29.2 Å². The molecule has 3 atom stereocenters. The van der Waals surface area contributed by atoms with Crippen LogP contribution in [-0.4, -0.2) is 48.3 Å². The van der Waals surface area contributed by atoms with Crippen molar-refractivity contribution in [1.29, 1.82) is 0 Å². The third-order valence-electron chi connectivity index (χ3n) is 7.02. The third kappa shape index (κ3) is 2.49. The van der Waals surface area contributed by atoms with E-state index in [9.17, 15) is 0 Å². The first kappa shape index (κ1) is 17.2. The summed E-state index contributed by atoms with van der Waals surface area (Å²) in [6.07, 6.45) is 1.30. The minimum absolute atomic E-state index is 0.310. The van der Waals surface area contributed by atoms with Gasteiger partial charge in [0.2, 0.25) is 0 Å². The number of hydrogen-bond acceptors (Lipinski definition) is 5. The lowest BCUT2D eigenvalue weighted by Gasteiger charge is -2.38. The summed E-state index contributed by atoms with van der Waals surface area (Å²) >= 11 is 1.87. The number of likely N-dealkylation sites (tertiary alicyclic amines) is 1. The Kier molecular flexibility index (Phi) is 3.66.